The number of aryl methyl sites for hydroxylation is 1. The third-order valence-corrected chi connectivity index (χ3v) is 1.33. The van der Waals surface area contributed by atoms with E-state index < -0.39 is 0 Å². The molecule has 0 heterocycles. The van der Waals surface area contributed by atoms with Crippen molar-refractivity contribution in [1.82, 2.24) is 0 Å². The van der Waals surface area contributed by atoms with Gasteiger partial charge in [-0.2, -0.15) is 0 Å². The molecule has 0 saturated carbocycles. The van der Waals surface area contributed by atoms with Crippen LogP contribution in [-0.2, 0) is 0 Å². The number of rotatable bonds is 2. The average Bonchev–Trinajstić information content (AvgIpc) is 2.28. The summed E-state index contributed by atoms with van der Waals surface area (Å²) in [6, 6.07) is 8.06. The van der Waals surface area contributed by atoms with Gasteiger partial charge in [0.15, 0.2) is 0 Å². The van der Waals surface area contributed by atoms with Crippen LogP contribution in [0.15, 0.2) is 24.3 Å². The summed E-state index contributed by atoms with van der Waals surface area (Å²) >= 11 is 0. The molecule has 0 saturated heterocycles. The first kappa shape index (κ1) is 15.4. The predicted molar refractivity (Wildman–Crippen MR) is 60.7 cm³/mol. The van der Waals surface area contributed by atoms with Crippen molar-refractivity contribution in [1.29, 1.82) is 0 Å². The van der Waals surface area contributed by atoms with Gasteiger partial charge in [0.1, 0.15) is 5.75 Å². The van der Waals surface area contributed by atoms with Crippen LogP contribution in [0.2, 0.25) is 0 Å². The maximum absolute atomic E-state index is 9.50. The largest absolute Gasteiger partial charge is 0.494 e. The van der Waals surface area contributed by atoms with Crippen LogP contribution in [0.3, 0.4) is 0 Å². The fourth-order valence-electron chi connectivity index (χ4n) is 0.801. The molecule has 1 aromatic rings. The Balaban J connectivity index is 0. The molecule has 1 aromatic carbocycles. The Kier molecular flexibility index (Phi) is 13.2. The smallest absolute Gasteiger partial charge is 0.119 e. The Labute approximate surface area is 86.9 Å². The van der Waals surface area contributed by atoms with Gasteiger partial charge in [0.2, 0.25) is 0 Å². The zero-order valence-electron chi connectivity index (χ0n) is 9.80. The summed E-state index contributed by atoms with van der Waals surface area (Å²) in [6.45, 7) is 8.79. The van der Waals surface area contributed by atoms with E-state index in [0.29, 0.717) is 7.18 Å². The molecule has 0 atom stereocenters. The van der Waals surface area contributed by atoms with Gasteiger partial charge in [0, 0.05) is 0 Å². The lowest BCUT2D eigenvalue weighted by Gasteiger charge is -2.01. The summed E-state index contributed by atoms with van der Waals surface area (Å²) < 4.78 is 14.8. The molecule has 0 aliphatic rings. The van der Waals surface area contributed by atoms with Gasteiger partial charge in [-0.05, 0) is 26.0 Å². The summed E-state index contributed by atoms with van der Waals surface area (Å²) in [7, 11) is 0.500. The molecular weight excluding hydrogens is 179 g/mol. The third kappa shape index (κ3) is 7.59. The second-order valence-electron chi connectivity index (χ2n) is 2.25. The first-order chi connectivity index (χ1) is 6.83. The van der Waals surface area contributed by atoms with Gasteiger partial charge >= 0.3 is 0 Å². The first-order valence-electron chi connectivity index (χ1n) is 4.90. The highest BCUT2D eigenvalue weighted by atomic mass is 19.1. The molecule has 0 amide bonds. The molecule has 1 nitrogen and oxygen atoms in total. The van der Waals surface area contributed by atoms with Crippen molar-refractivity contribution in [3.05, 3.63) is 29.8 Å². The Morgan fingerprint density at radius 2 is 1.50 bits per heavy atom. The molecule has 2 heteroatoms. The van der Waals surface area contributed by atoms with Crippen LogP contribution in [0.1, 0.15) is 26.3 Å². The maximum Gasteiger partial charge on any atom is 0.119 e. The van der Waals surface area contributed by atoms with Crippen molar-refractivity contribution in [3.63, 3.8) is 0 Å². The quantitative estimate of drug-likeness (QED) is 0.701. The molecule has 0 aromatic heterocycles. The van der Waals surface area contributed by atoms with Crippen molar-refractivity contribution >= 4 is 0 Å². The van der Waals surface area contributed by atoms with Crippen LogP contribution in [0.4, 0.5) is 4.39 Å². The second-order valence-corrected chi connectivity index (χ2v) is 2.25. The zero-order valence-corrected chi connectivity index (χ0v) is 9.80. The normalized spacial score (nSPS) is 7.57. The number of alkyl halides is 1. The monoisotopic (exact) mass is 200 g/mol. The maximum atomic E-state index is 9.50. The van der Waals surface area contributed by atoms with Gasteiger partial charge < -0.3 is 4.74 Å². The number of hydrogen-bond donors (Lipinski definition) is 0. The highest BCUT2D eigenvalue weighted by Gasteiger charge is 1.87. The lowest BCUT2D eigenvalue weighted by Crippen LogP contribution is -1.90. The van der Waals surface area contributed by atoms with E-state index in [1.54, 1.807) is 0 Å². The van der Waals surface area contributed by atoms with Crippen LogP contribution in [-0.4, -0.2) is 13.8 Å². The molecular formula is C12H21FO. The van der Waals surface area contributed by atoms with E-state index in [4.69, 9.17) is 4.74 Å². The molecule has 1 rings (SSSR count). The lowest BCUT2D eigenvalue weighted by atomic mass is 10.2. The Morgan fingerprint density at radius 3 is 1.86 bits per heavy atom. The Morgan fingerprint density at radius 1 is 1.07 bits per heavy atom. The summed E-state index contributed by atoms with van der Waals surface area (Å²) in [4.78, 5) is 0. The Bertz CT molecular complexity index is 194. The number of benzene rings is 1. The molecule has 0 aliphatic heterocycles. The van der Waals surface area contributed by atoms with Crippen molar-refractivity contribution in [3.8, 4) is 5.75 Å². The SMILES string of the molecule is CC.CCOc1ccc(C)cc1.CF. The van der Waals surface area contributed by atoms with E-state index in [2.05, 4.69) is 6.92 Å². The first-order valence-corrected chi connectivity index (χ1v) is 4.90. The van der Waals surface area contributed by atoms with Crippen molar-refractivity contribution in [2.45, 2.75) is 27.7 Å². The molecule has 0 fully saturated rings. The van der Waals surface area contributed by atoms with E-state index in [9.17, 15) is 4.39 Å². The van der Waals surface area contributed by atoms with Crippen LogP contribution in [0, 0.1) is 6.92 Å². The summed E-state index contributed by atoms with van der Waals surface area (Å²) in [5.74, 6) is 0.952. The van der Waals surface area contributed by atoms with E-state index in [1.807, 2.05) is 45.0 Å². The summed E-state index contributed by atoms with van der Waals surface area (Å²) in [6.07, 6.45) is 0. The minimum absolute atomic E-state index is 0.500. The van der Waals surface area contributed by atoms with E-state index in [-0.39, 0.29) is 0 Å². The zero-order chi connectivity index (χ0) is 11.4. The van der Waals surface area contributed by atoms with Gasteiger partial charge in [-0.3, -0.25) is 4.39 Å². The van der Waals surface area contributed by atoms with Crippen LogP contribution in [0.5, 0.6) is 5.75 Å². The van der Waals surface area contributed by atoms with E-state index in [1.165, 1.54) is 5.56 Å². The lowest BCUT2D eigenvalue weighted by molar-refractivity contribution is 0.340. The Hall–Kier alpha value is -1.05. The average molecular weight is 200 g/mol. The van der Waals surface area contributed by atoms with Gasteiger partial charge in [0.25, 0.3) is 0 Å². The molecule has 0 spiro atoms. The molecule has 0 radical (unpaired) electrons. The molecule has 14 heavy (non-hydrogen) atoms. The summed E-state index contributed by atoms with van der Waals surface area (Å²) in [5, 5.41) is 0. The minimum Gasteiger partial charge on any atom is -0.494 e. The van der Waals surface area contributed by atoms with Gasteiger partial charge in [-0.15, -0.1) is 0 Å². The fourth-order valence-corrected chi connectivity index (χ4v) is 0.801. The van der Waals surface area contributed by atoms with Crippen LogP contribution >= 0.6 is 0 Å². The number of halogens is 1. The fraction of sp³-hybridized carbons (Fsp3) is 0.500. The molecule has 0 aliphatic carbocycles. The van der Waals surface area contributed by atoms with Gasteiger partial charge in [-0.1, -0.05) is 31.5 Å². The highest BCUT2D eigenvalue weighted by Crippen LogP contribution is 2.10. The van der Waals surface area contributed by atoms with Crippen LogP contribution < -0.4 is 4.74 Å². The number of hydrogen-bond acceptors (Lipinski definition) is 1. The van der Waals surface area contributed by atoms with Crippen molar-refractivity contribution in [2.75, 3.05) is 13.8 Å². The number of ether oxygens (including phenoxy) is 1. The summed E-state index contributed by atoms with van der Waals surface area (Å²) in [5.41, 5.74) is 1.27. The molecule has 82 valence electrons. The third-order valence-electron chi connectivity index (χ3n) is 1.33. The topological polar surface area (TPSA) is 9.23 Å². The molecule has 0 bridgehead atoms. The minimum atomic E-state index is 0.500. The standard InChI is InChI=1S/C9H12O.C2H6.CH3F/c1-3-10-9-6-4-8(2)5-7-9;2*1-2/h4-7H,3H2,1-2H3;1-2H3;1H3. The van der Waals surface area contributed by atoms with Gasteiger partial charge in [0.05, 0.1) is 13.8 Å². The van der Waals surface area contributed by atoms with E-state index >= 15 is 0 Å². The second kappa shape index (κ2) is 11.9. The predicted octanol–water partition coefficient (Wildman–Crippen LogP) is 4.01. The van der Waals surface area contributed by atoms with Gasteiger partial charge in [-0.25, -0.2) is 0 Å². The van der Waals surface area contributed by atoms with Crippen molar-refractivity contribution < 1.29 is 9.13 Å². The van der Waals surface area contributed by atoms with Crippen LogP contribution in [0.25, 0.3) is 0 Å². The molecule has 0 N–H and O–H groups in total. The molecule has 0 unspecified atom stereocenters. The highest BCUT2D eigenvalue weighted by molar-refractivity contribution is 5.26. The van der Waals surface area contributed by atoms with E-state index in [0.717, 1.165) is 12.4 Å². The van der Waals surface area contributed by atoms with Crippen molar-refractivity contribution in [2.24, 2.45) is 0 Å².